The summed E-state index contributed by atoms with van der Waals surface area (Å²) in [6.07, 6.45) is -6.21. The van der Waals surface area contributed by atoms with Crippen molar-refractivity contribution in [2.24, 2.45) is 11.3 Å². The first kappa shape index (κ1) is 21.9. The largest absolute Gasteiger partial charge is 0.507 e. The number of carbonyl (C=O) groups excluding carboxylic acids is 5. The maximum atomic E-state index is 14.1. The van der Waals surface area contributed by atoms with Gasteiger partial charge in [-0.15, -0.1) is 0 Å². The predicted molar refractivity (Wildman–Crippen MR) is 106 cm³/mol. The summed E-state index contributed by atoms with van der Waals surface area (Å²) in [4.78, 5) is 65.5. The molecule has 7 atom stereocenters. The first-order valence-corrected chi connectivity index (χ1v) is 10.7. The molecule has 0 bridgehead atoms. The fraction of sp³-hybridized carbons (Fsp3) is 0.522. The van der Waals surface area contributed by atoms with Crippen LogP contribution in [-0.4, -0.2) is 69.5 Å². The number of aromatic hydroxyl groups is 1. The lowest BCUT2D eigenvalue weighted by Crippen LogP contribution is -2.76. The van der Waals surface area contributed by atoms with Crippen LogP contribution < -0.4 is 0 Å². The smallest absolute Gasteiger partial charge is 0.308 e. The molecule has 10 nitrogen and oxygen atoms in total. The second kappa shape index (κ2) is 7.02. The van der Waals surface area contributed by atoms with Gasteiger partial charge < -0.3 is 24.4 Å². The SMILES string of the molecule is CC(=O)CC12C(=O)c3cccc(O)c3C(=O)C1C1(OC(C)CC(=O)C1O)OC1CC(=O)OC12. The van der Waals surface area contributed by atoms with Gasteiger partial charge in [0.05, 0.1) is 29.4 Å². The van der Waals surface area contributed by atoms with E-state index in [1.807, 2.05) is 0 Å². The van der Waals surface area contributed by atoms with E-state index in [0.717, 1.165) is 0 Å². The van der Waals surface area contributed by atoms with E-state index in [2.05, 4.69) is 0 Å². The second-order valence-corrected chi connectivity index (χ2v) is 9.24. The first-order valence-electron chi connectivity index (χ1n) is 10.7. The molecule has 3 aliphatic heterocycles. The third-order valence-corrected chi connectivity index (χ3v) is 7.04. The number of Topliss-reactive ketones (excluding diaryl/α,β-unsaturated/α-hetero) is 4. The van der Waals surface area contributed by atoms with Gasteiger partial charge in [-0.1, -0.05) is 12.1 Å². The van der Waals surface area contributed by atoms with Crippen molar-refractivity contribution in [3.8, 4) is 5.75 Å². The number of benzene rings is 1. The number of aliphatic hydroxyl groups is 1. The van der Waals surface area contributed by atoms with Crippen LogP contribution in [0.15, 0.2) is 18.2 Å². The summed E-state index contributed by atoms with van der Waals surface area (Å²) in [5.41, 5.74) is -2.45. The van der Waals surface area contributed by atoms with Crippen LogP contribution >= 0.6 is 0 Å². The Kier molecular flexibility index (Phi) is 4.65. The van der Waals surface area contributed by atoms with Gasteiger partial charge in [-0.25, -0.2) is 0 Å². The average Bonchev–Trinajstić information content (AvgIpc) is 3.10. The lowest BCUT2D eigenvalue weighted by atomic mass is 9.52. The lowest BCUT2D eigenvalue weighted by molar-refractivity contribution is -0.373. The maximum Gasteiger partial charge on any atom is 0.308 e. The van der Waals surface area contributed by atoms with Crippen LogP contribution in [-0.2, 0) is 28.6 Å². The normalized spacial score (nSPS) is 39.7. The molecule has 3 heterocycles. The van der Waals surface area contributed by atoms with E-state index in [0.29, 0.717) is 0 Å². The molecule has 174 valence electrons. The Morgan fingerprint density at radius 2 is 1.88 bits per heavy atom. The van der Waals surface area contributed by atoms with Gasteiger partial charge in [0.2, 0.25) is 5.79 Å². The Morgan fingerprint density at radius 1 is 1.15 bits per heavy atom. The summed E-state index contributed by atoms with van der Waals surface area (Å²) in [5.74, 6) is -7.97. The van der Waals surface area contributed by atoms with Gasteiger partial charge in [-0.05, 0) is 19.9 Å². The van der Waals surface area contributed by atoms with Crippen molar-refractivity contribution in [1.29, 1.82) is 0 Å². The molecule has 7 unspecified atom stereocenters. The summed E-state index contributed by atoms with van der Waals surface area (Å²) < 4.78 is 17.4. The molecule has 0 radical (unpaired) electrons. The lowest BCUT2D eigenvalue weighted by Gasteiger charge is -2.59. The number of fused-ring (bicyclic) bond motifs is 5. The molecule has 3 fully saturated rings. The molecule has 10 heteroatoms. The molecule has 5 rings (SSSR count). The number of esters is 1. The highest BCUT2D eigenvalue weighted by molar-refractivity contribution is 6.20. The highest BCUT2D eigenvalue weighted by Gasteiger charge is 2.77. The molecule has 0 saturated carbocycles. The molecule has 0 amide bonds. The van der Waals surface area contributed by atoms with E-state index in [1.54, 1.807) is 6.92 Å². The number of ketones is 4. The Balaban J connectivity index is 1.85. The van der Waals surface area contributed by atoms with Crippen molar-refractivity contribution in [2.75, 3.05) is 0 Å². The van der Waals surface area contributed by atoms with Crippen LogP contribution in [0.4, 0.5) is 0 Å². The van der Waals surface area contributed by atoms with E-state index >= 15 is 0 Å². The van der Waals surface area contributed by atoms with Gasteiger partial charge in [0.15, 0.2) is 23.5 Å². The zero-order chi connectivity index (χ0) is 23.9. The van der Waals surface area contributed by atoms with Gasteiger partial charge in [0, 0.05) is 18.4 Å². The van der Waals surface area contributed by atoms with Crippen molar-refractivity contribution in [1.82, 2.24) is 0 Å². The summed E-state index contributed by atoms with van der Waals surface area (Å²) in [6.45, 7) is 2.77. The highest BCUT2D eigenvalue weighted by atomic mass is 16.7. The standard InChI is InChI=1S/C23H22O10/c1-9(24)8-22-18(17(28)16-11(19(22)29)4-3-5-12(16)25)23(20(30)13(26)6-10(2)32-23)33-14-7-15(27)31-21(14)22/h3-5,10,14,18,20-21,25,30H,6-8H2,1-2H3. The van der Waals surface area contributed by atoms with Crippen LogP contribution in [0.25, 0.3) is 0 Å². The van der Waals surface area contributed by atoms with E-state index in [1.165, 1.54) is 25.1 Å². The number of ether oxygens (including phenoxy) is 3. The first-order chi connectivity index (χ1) is 15.5. The molecule has 2 N–H and O–H groups in total. The molecule has 3 saturated heterocycles. The Bertz CT molecular complexity index is 1120. The molecular weight excluding hydrogens is 436 g/mol. The van der Waals surface area contributed by atoms with Gasteiger partial charge >= 0.3 is 5.97 Å². The van der Waals surface area contributed by atoms with E-state index in [-0.39, 0.29) is 24.0 Å². The van der Waals surface area contributed by atoms with Crippen molar-refractivity contribution >= 4 is 29.1 Å². The summed E-state index contributed by atoms with van der Waals surface area (Å²) in [7, 11) is 0. The second-order valence-electron chi connectivity index (χ2n) is 9.24. The molecule has 0 aromatic heterocycles. The third-order valence-electron chi connectivity index (χ3n) is 7.04. The minimum Gasteiger partial charge on any atom is -0.507 e. The zero-order valence-corrected chi connectivity index (χ0v) is 17.9. The van der Waals surface area contributed by atoms with Crippen LogP contribution in [0.5, 0.6) is 5.75 Å². The number of hydrogen-bond acceptors (Lipinski definition) is 10. The molecule has 1 spiro atoms. The fourth-order valence-corrected chi connectivity index (χ4v) is 6.02. The van der Waals surface area contributed by atoms with E-state index < -0.39 is 82.8 Å². The number of aliphatic hydroxyl groups excluding tert-OH is 1. The van der Waals surface area contributed by atoms with E-state index in [9.17, 15) is 34.2 Å². The number of carbonyl (C=O) groups is 5. The van der Waals surface area contributed by atoms with Gasteiger partial charge in [0.1, 0.15) is 23.7 Å². The van der Waals surface area contributed by atoms with Gasteiger partial charge in [-0.2, -0.15) is 0 Å². The van der Waals surface area contributed by atoms with Crippen LogP contribution in [0.1, 0.15) is 53.8 Å². The zero-order valence-electron chi connectivity index (χ0n) is 17.9. The van der Waals surface area contributed by atoms with Crippen molar-refractivity contribution < 1.29 is 48.4 Å². The summed E-state index contributed by atoms with van der Waals surface area (Å²) in [6, 6.07) is 3.95. The maximum absolute atomic E-state index is 14.1. The third kappa shape index (κ3) is 2.74. The number of hydrogen-bond donors (Lipinski definition) is 2. The highest BCUT2D eigenvalue weighted by Crippen LogP contribution is 2.60. The van der Waals surface area contributed by atoms with Crippen molar-refractivity contribution in [2.45, 2.75) is 63.3 Å². The fourth-order valence-electron chi connectivity index (χ4n) is 6.02. The topological polar surface area (TPSA) is 154 Å². The predicted octanol–water partition coefficient (Wildman–Crippen LogP) is 0.502. The number of phenolic OH excluding ortho intramolecular Hbond substituents is 1. The van der Waals surface area contributed by atoms with Gasteiger partial charge in [-0.3, -0.25) is 24.0 Å². The van der Waals surface area contributed by atoms with Crippen LogP contribution in [0, 0.1) is 11.3 Å². The van der Waals surface area contributed by atoms with Crippen LogP contribution in [0.3, 0.4) is 0 Å². The van der Waals surface area contributed by atoms with E-state index in [4.69, 9.17) is 14.2 Å². The molecule has 1 aromatic carbocycles. The summed E-state index contributed by atoms with van der Waals surface area (Å²) in [5, 5.41) is 21.5. The minimum absolute atomic E-state index is 0.138. The van der Waals surface area contributed by atoms with Crippen molar-refractivity contribution in [3.63, 3.8) is 0 Å². The molecule has 33 heavy (non-hydrogen) atoms. The number of rotatable bonds is 2. The Hall–Kier alpha value is -2.95. The van der Waals surface area contributed by atoms with Gasteiger partial charge in [0.25, 0.3) is 0 Å². The average molecular weight is 458 g/mol. The summed E-state index contributed by atoms with van der Waals surface area (Å²) >= 11 is 0. The monoisotopic (exact) mass is 458 g/mol. The molecule has 1 aliphatic carbocycles. The molecular formula is C23H22O10. The number of phenols is 1. The van der Waals surface area contributed by atoms with Crippen LogP contribution in [0.2, 0.25) is 0 Å². The Labute approximate surface area is 187 Å². The minimum atomic E-state index is -2.34. The Morgan fingerprint density at radius 3 is 2.58 bits per heavy atom. The van der Waals surface area contributed by atoms with Crippen molar-refractivity contribution in [3.05, 3.63) is 29.3 Å². The quantitative estimate of drug-likeness (QED) is 0.599. The molecule has 1 aromatic rings. The molecule has 4 aliphatic rings.